The normalized spacial score (nSPS) is 10.3. The number of nitrogens with zero attached hydrogens (tertiary/aromatic N) is 1. The van der Waals surface area contributed by atoms with Crippen molar-refractivity contribution in [2.45, 2.75) is 34.1 Å². The SMILES string of the molecule is C=C/C(OC)=C(/CN(C)C)C(=C)F.CC.CCC. The molecule has 0 fully saturated rings. The number of hydrogen-bond donors (Lipinski definition) is 0. The van der Waals surface area contributed by atoms with Gasteiger partial charge in [-0.3, -0.25) is 0 Å². The second kappa shape index (κ2) is 15.9. The van der Waals surface area contributed by atoms with Gasteiger partial charge in [-0.05, 0) is 20.2 Å². The van der Waals surface area contributed by atoms with Crippen LogP contribution in [0, 0.1) is 0 Å². The molecule has 0 amide bonds. The molecule has 3 heteroatoms. The number of allylic oxidation sites excluding steroid dienone is 1. The summed E-state index contributed by atoms with van der Waals surface area (Å²) in [7, 11) is 5.17. The highest BCUT2D eigenvalue weighted by molar-refractivity contribution is 5.32. The van der Waals surface area contributed by atoms with Crippen LogP contribution in [0.15, 0.2) is 36.4 Å². The molecular weight excluding hydrogens is 229 g/mol. The molecule has 0 unspecified atom stereocenters. The Labute approximate surface area is 113 Å². The molecule has 0 N–H and O–H groups in total. The van der Waals surface area contributed by atoms with Gasteiger partial charge >= 0.3 is 0 Å². The van der Waals surface area contributed by atoms with Crippen molar-refractivity contribution in [3.8, 4) is 0 Å². The maximum atomic E-state index is 12.9. The molecule has 0 spiro atoms. The standard InChI is InChI=1S/C10H16FNO.C3H8.C2H6/c1-6-10(13-5)9(8(2)11)7-12(3)4;1-3-2;1-2/h6H,1-2,7H2,3-5H3;3H2,1-2H3;1-2H3/b10-9+;;. The molecule has 0 aromatic rings. The summed E-state index contributed by atoms with van der Waals surface area (Å²) in [4.78, 5) is 1.84. The molecule has 0 saturated heterocycles. The molecule has 0 aromatic carbocycles. The first-order valence-electron chi connectivity index (χ1n) is 6.33. The first-order valence-corrected chi connectivity index (χ1v) is 6.33. The third kappa shape index (κ3) is 13.0. The molecular formula is C15H30FNO. The lowest BCUT2D eigenvalue weighted by molar-refractivity contribution is 0.295. The lowest BCUT2D eigenvalue weighted by atomic mass is 10.2. The fraction of sp³-hybridized carbons (Fsp3) is 0.600. The highest BCUT2D eigenvalue weighted by Gasteiger charge is 2.09. The second-order valence-electron chi connectivity index (χ2n) is 3.60. The Hall–Kier alpha value is -1.09. The highest BCUT2D eigenvalue weighted by Crippen LogP contribution is 2.16. The zero-order valence-corrected chi connectivity index (χ0v) is 13.1. The van der Waals surface area contributed by atoms with Crippen molar-refractivity contribution in [1.29, 1.82) is 0 Å². The molecule has 0 radical (unpaired) electrons. The van der Waals surface area contributed by atoms with Gasteiger partial charge in [-0.1, -0.05) is 47.3 Å². The van der Waals surface area contributed by atoms with E-state index in [2.05, 4.69) is 27.0 Å². The van der Waals surface area contributed by atoms with Gasteiger partial charge in [0.2, 0.25) is 0 Å². The smallest absolute Gasteiger partial charge is 0.125 e. The van der Waals surface area contributed by atoms with Gasteiger partial charge < -0.3 is 9.64 Å². The van der Waals surface area contributed by atoms with E-state index in [1.165, 1.54) is 19.6 Å². The summed E-state index contributed by atoms with van der Waals surface area (Å²) in [5.41, 5.74) is 0.433. The molecule has 0 atom stereocenters. The lowest BCUT2D eigenvalue weighted by Gasteiger charge is -2.14. The van der Waals surface area contributed by atoms with Crippen LogP contribution in [0.5, 0.6) is 0 Å². The highest BCUT2D eigenvalue weighted by atomic mass is 19.1. The molecule has 18 heavy (non-hydrogen) atoms. The molecule has 2 nitrogen and oxygen atoms in total. The van der Waals surface area contributed by atoms with E-state index in [0.29, 0.717) is 17.9 Å². The zero-order chi connectivity index (χ0) is 15.1. The van der Waals surface area contributed by atoms with Gasteiger partial charge in [0.05, 0.1) is 7.11 Å². The fourth-order valence-corrected chi connectivity index (χ4v) is 0.943. The molecule has 0 bridgehead atoms. The Balaban J connectivity index is -0.000000389. The summed E-state index contributed by atoms with van der Waals surface area (Å²) in [6.45, 7) is 15.5. The van der Waals surface area contributed by atoms with Crippen LogP contribution >= 0.6 is 0 Å². The monoisotopic (exact) mass is 259 g/mol. The van der Waals surface area contributed by atoms with E-state index in [1.807, 2.05) is 32.8 Å². The summed E-state index contributed by atoms with van der Waals surface area (Å²) in [6, 6.07) is 0. The van der Waals surface area contributed by atoms with Gasteiger partial charge in [-0.25, -0.2) is 4.39 Å². The van der Waals surface area contributed by atoms with Crippen LogP contribution in [0.25, 0.3) is 0 Å². The van der Waals surface area contributed by atoms with Crippen LogP contribution in [0.3, 0.4) is 0 Å². The summed E-state index contributed by atoms with van der Waals surface area (Å²) in [5.74, 6) is -0.0494. The minimum atomic E-state index is -0.481. The van der Waals surface area contributed by atoms with Crippen molar-refractivity contribution in [3.05, 3.63) is 36.4 Å². The summed E-state index contributed by atoms with van der Waals surface area (Å²) < 4.78 is 17.9. The van der Waals surface area contributed by atoms with Crippen LogP contribution in [0.4, 0.5) is 4.39 Å². The Kier molecular flexibility index (Phi) is 19.6. The Morgan fingerprint density at radius 2 is 1.67 bits per heavy atom. The van der Waals surface area contributed by atoms with E-state index < -0.39 is 5.83 Å². The van der Waals surface area contributed by atoms with E-state index >= 15 is 0 Å². The summed E-state index contributed by atoms with van der Waals surface area (Å²) >= 11 is 0. The minimum Gasteiger partial charge on any atom is -0.496 e. The first kappa shape index (κ1) is 22.1. The molecule has 0 saturated carbocycles. The van der Waals surface area contributed by atoms with Crippen molar-refractivity contribution >= 4 is 0 Å². The van der Waals surface area contributed by atoms with E-state index in [1.54, 1.807) is 0 Å². The van der Waals surface area contributed by atoms with E-state index in [-0.39, 0.29) is 0 Å². The predicted octanol–water partition coefficient (Wildman–Crippen LogP) is 4.56. The van der Waals surface area contributed by atoms with Crippen LogP contribution < -0.4 is 0 Å². The average Bonchev–Trinajstić information content (AvgIpc) is 2.32. The Morgan fingerprint density at radius 3 is 1.83 bits per heavy atom. The maximum Gasteiger partial charge on any atom is 0.125 e. The summed E-state index contributed by atoms with van der Waals surface area (Å²) in [5, 5.41) is 0. The van der Waals surface area contributed by atoms with Gasteiger partial charge in [-0.2, -0.15) is 0 Å². The van der Waals surface area contributed by atoms with Crippen molar-refractivity contribution in [3.63, 3.8) is 0 Å². The average molecular weight is 259 g/mol. The van der Waals surface area contributed by atoms with Gasteiger partial charge in [-0.15, -0.1) is 0 Å². The number of hydrogen-bond acceptors (Lipinski definition) is 2. The maximum absolute atomic E-state index is 12.9. The number of rotatable bonds is 5. The Morgan fingerprint density at radius 1 is 1.28 bits per heavy atom. The van der Waals surface area contributed by atoms with Gasteiger partial charge in [0.1, 0.15) is 11.6 Å². The van der Waals surface area contributed by atoms with Crippen molar-refractivity contribution in [2.75, 3.05) is 27.7 Å². The molecule has 108 valence electrons. The van der Waals surface area contributed by atoms with Crippen LogP contribution in [0.2, 0.25) is 0 Å². The molecule has 0 rings (SSSR count). The third-order valence-corrected chi connectivity index (χ3v) is 1.50. The lowest BCUT2D eigenvalue weighted by Crippen LogP contribution is -2.16. The minimum absolute atomic E-state index is 0.432. The van der Waals surface area contributed by atoms with Gasteiger partial charge in [0.15, 0.2) is 0 Å². The van der Waals surface area contributed by atoms with Gasteiger partial charge in [0.25, 0.3) is 0 Å². The van der Waals surface area contributed by atoms with Crippen LogP contribution in [0.1, 0.15) is 34.1 Å². The van der Waals surface area contributed by atoms with Crippen molar-refractivity contribution in [2.24, 2.45) is 0 Å². The topological polar surface area (TPSA) is 12.5 Å². The number of likely N-dealkylation sites (N-methyl/N-ethyl adjacent to an activating group) is 1. The van der Waals surface area contributed by atoms with Crippen LogP contribution in [-0.4, -0.2) is 32.6 Å². The largest absolute Gasteiger partial charge is 0.496 e. The number of ether oxygens (including phenoxy) is 1. The summed E-state index contributed by atoms with van der Waals surface area (Å²) in [6.07, 6.45) is 2.73. The van der Waals surface area contributed by atoms with Crippen LogP contribution in [-0.2, 0) is 4.74 Å². The van der Waals surface area contributed by atoms with Crippen molar-refractivity contribution < 1.29 is 9.13 Å². The molecule has 0 aliphatic rings. The van der Waals surface area contributed by atoms with E-state index in [0.717, 1.165) is 0 Å². The quantitative estimate of drug-likeness (QED) is 0.530. The predicted molar refractivity (Wildman–Crippen MR) is 80.3 cm³/mol. The van der Waals surface area contributed by atoms with Crippen molar-refractivity contribution in [1.82, 2.24) is 4.90 Å². The molecule has 0 aromatic heterocycles. The first-order chi connectivity index (χ1) is 8.44. The second-order valence-corrected chi connectivity index (χ2v) is 3.60. The van der Waals surface area contributed by atoms with E-state index in [9.17, 15) is 4.39 Å². The molecule has 0 heterocycles. The zero-order valence-electron chi connectivity index (χ0n) is 13.1. The van der Waals surface area contributed by atoms with E-state index in [4.69, 9.17) is 4.74 Å². The Bertz CT molecular complexity index is 245. The number of halogens is 1. The molecule has 0 aliphatic carbocycles. The fourth-order valence-electron chi connectivity index (χ4n) is 0.943. The molecule has 0 aliphatic heterocycles. The van der Waals surface area contributed by atoms with Gasteiger partial charge in [0, 0.05) is 12.1 Å². The third-order valence-electron chi connectivity index (χ3n) is 1.50. The number of methoxy groups -OCH3 is 1.